The monoisotopic (exact) mass is 302 g/mol. The molecule has 1 aliphatic heterocycles. The lowest BCUT2D eigenvalue weighted by atomic mass is 10.0. The third-order valence-electron chi connectivity index (χ3n) is 3.36. The minimum absolute atomic E-state index is 0. The van der Waals surface area contributed by atoms with Crippen LogP contribution in [0.3, 0.4) is 0 Å². The van der Waals surface area contributed by atoms with Crippen molar-refractivity contribution in [1.29, 1.82) is 0 Å². The van der Waals surface area contributed by atoms with Gasteiger partial charge in [0.2, 0.25) is 5.91 Å². The molecule has 0 aliphatic carbocycles. The number of carbonyl (C=O) groups excluding carboxylic acids is 1. The van der Waals surface area contributed by atoms with Gasteiger partial charge in [-0.2, -0.15) is 0 Å². The molecule has 1 fully saturated rings. The van der Waals surface area contributed by atoms with Crippen LogP contribution in [0.1, 0.15) is 37.8 Å². The number of hydrogen-bond acceptors (Lipinski definition) is 2. The van der Waals surface area contributed by atoms with Gasteiger partial charge in [0.15, 0.2) is 0 Å². The lowest BCUT2D eigenvalue weighted by Gasteiger charge is -2.24. The van der Waals surface area contributed by atoms with Crippen LogP contribution in [0.4, 0.5) is 0 Å². The van der Waals surface area contributed by atoms with Gasteiger partial charge in [-0.15, -0.1) is 12.4 Å². The molecule has 2 N–H and O–H groups in total. The number of halogens is 2. The molecule has 0 radical (unpaired) electrons. The van der Waals surface area contributed by atoms with Crippen LogP contribution < -0.4 is 10.6 Å². The number of piperidine rings is 1. The summed E-state index contributed by atoms with van der Waals surface area (Å²) in [6, 6.07) is 7.56. The Morgan fingerprint density at radius 3 is 2.63 bits per heavy atom. The van der Waals surface area contributed by atoms with Crippen molar-refractivity contribution < 1.29 is 4.79 Å². The Labute approximate surface area is 125 Å². The van der Waals surface area contributed by atoms with Crippen LogP contribution in [0.2, 0.25) is 5.02 Å². The highest BCUT2D eigenvalue weighted by Gasteiger charge is 2.21. The molecule has 1 aromatic rings. The van der Waals surface area contributed by atoms with E-state index in [0.717, 1.165) is 31.4 Å². The van der Waals surface area contributed by atoms with Gasteiger partial charge in [0, 0.05) is 5.02 Å². The number of hydrogen-bond donors (Lipinski definition) is 2. The van der Waals surface area contributed by atoms with E-state index in [0.29, 0.717) is 5.02 Å². The van der Waals surface area contributed by atoms with E-state index >= 15 is 0 Å². The molecular weight excluding hydrogens is 283 g/mol. The maximum Gasteiger partial charge on any atom is 0.237 e. The number of amides is 1. The van der Waals surface area contributed by atoms with Crippen LogP contribution >= 0.6 is 24.0 Å². The second kappa shape index (κ2) is 7.73. The van der Waals surface area contributed by atoms with Gasteiger partial charge in [-0.05, 0) is 44.0 Å². The summed E-state index contributed by atoms with van der Waals surface area (Å²) in [6.45, 7) is 2.93. The first-order valence-corrected chi connectivity index (χ1v) is 6.84. The Kier molecular flexibility index (Phi) is 6.63. The molecule has 19 heavy (non-hydrogen) atoms. The van der Waals surface area contributed by atoms with Crippen LogP contribution in [-0.2, 0) is 4.79 Å². The van der Waals surface area contributed by atoms with Crippen LogP contribution in [0.5, 0.6) is 0 Å². The number of rotatable bonds is 3. The van der Waals surface area contributed by atoms with Crippen LogP contribution in [0.15, 0.2) is 24.3 Å². The summed E-state index contributed by atoms with van der Waals surface area (Å²) in [5, 5.41) is 7.01. The zero-order chi connectivity index (χ0) is 13.0. The molecule has 2 unspecified atom stereocenters. The predicted octanol–water partition coefficient (Wildman–Crippen LogP) is 3.08. The van der Waals surface area contributed by atoms with Gasteiger partial charge in [0.25, 0.3) is 0 Å². The van der Waals surface area contributed by atoms with Crippen LogP contribution in [0.25, 0.3) is 0 Å². The molecule has 1 amide bonds. The lowest BCUT2D eigenvalue weighted by molar-refractivity contribution is -0.124. The molecule has 2 rings (SSSR count). The van der Waals surface area contributed by atoms with E-state index in [1.807, 2.05) is 31.2 Å². The van der Waals surface area contributed by atoms with Crippen molar-refractivity contribution in [3.8, 4) is 0 Å². The molecule has 2 atom stereocenters. The lowest BCUT2D eigenvalue weighted by Crippen LogP contribution is -2.47. The van der Waals surface area contributed by atoms with Gasteiger partial charge in [-0.3, -0.25) is 4.79 Å². The molecule has 0 spiro atoms. The third kappa shape index (κ3) is 4.68. The Morgan fingerprint density at radius 2 is 2.05 bits per heavy atom. The van der Waals surface area contributed by atoms with Gasteiger partial charge in [-0.1, -0.05) is 30.2 Å². The molecule has 1 aliphatic rings. The first-order chi connectivity index (χ1) is 8.66. The minimum atomic E-state index is -0.0338. The van der Waals surface area contributed by atoms with Crippen molar-refractivity contribution in [2.75, 3.05) is 6.54 Å². The molecular formula is C14H20Cl2N2O. The fourth-order valence-corrected chi connectivity index (χ4v) is 2.35. The summed E-state index contributed by atoms with van der Waals surface area (Å²) in [6.07, 6.45) is 3.22. The highest BCUT2D eigenvalue weighted by molar-refractivity contribution is 6.30. The highest BCUT2D eigenvalue weighted by atomic mass is 35.5. The fraction of sp³-hybridized carbons (Fsp3) is 0.500. The molecule has 1 saturated heterocycles. The van der Waals surface area contributed by atoms with Gasteiger partial charge >= 0.3 is 0 Å². The predicted molar refractivity (Wildman–Crippen MR) is 80.9 cm³/mol. The molecule has 1 aromatic carbocycles. The van der Waals surface area contributed by atoms with E-state index in [1.54, 1.807) is 0 Å². The Balaban J connectivity index is 0.00000180. The van der Waals surface area contributed by atoms with Gasteiger partial charge < -0.3 is 10.6 Å². The zero-order valence-electron chi connectivity index (χ0n) is 11.0. The average Bonchev–Trinajstić information content (AvgIpc) is 2.40. The van der Waals surface area contributed by atoms with Gasteiger partial charge in [-0.25, -0.2) is 0 Å². The van der Waals surface area contributed by atoms with Crippen molar-refractivity contribution >= 4 is 29.9 Å². The molecule has 3 nitrogen and oxygen atoms in total. The molecule has 5 heteroatoms. The summed E-state index contributed by atoms with van der Waals surface area (Å²) in [5.41, 5.74) is 1.07. The Bertz CT molecular complexity index is 402. The molecule has 0 bridgehead atoms. The highest BCUT2D eigenvalue weighted by Crippen LogP contribution is 2.16. The standard InChI is InChI=1S/C14H19ClN2O.ClH/c1-10(11-5-7-12(15)8-6-11)17-14(18)13-4-2-3-9-16-13;/h5-8,10,13,16H,2-4,9H2,1H3,(H,17,18);1H. The minimum Gasteiger partial charge on any atom is -0.348 e. The van der Waals surface area contributed by atoms with Gasteiger partial charge in [0.05, 0.1) is 12.1 Å². The van der Waals surface area contributed by atoms with E-state index in [1.165, 1.54) is 0 Å². The van der Waals surface area contributed by atoms with Crippen molar-refractivity contribution in [3.63, 3.8) is 0 Å². The quantitative estimate of drug-likeness (QED) is 0.901. The molecule has 1 heterocycles. The SMILES string of the molecule is CC(NC(=O)C1CCCCN1)c1ccc(Cl)cc1.Cl. The maximum atomic E-state index is 12.0. The summed E-state index contributed by atoms with van der Waals surface area (Å²) in [7, 11) is 0. The number of benzene rings is 1. The molecule has 0 saturated carbocycles. The van der Waals surface area contributed by atoms with E-state index < -0.39 is 0 Å². The Hall–Kier alpha value is -0.770. The normalized spacial score (nSPS) is 20.2. The van der Waals surface area contributed by atoms with Crippen molar-refractivity contribution in [3.05, 3.63) is 34.9 Å². The maximum absolute atomic E-state index is 12.0. The van der Waals surface area contributed by atoms with Crippen LogP contribution in [0, 0.1) is 0 Å². The zero-order valence-corrected chi connectivity index (χ0v) is 12.6. The van der Waals surface area contributed by atoms with Crippen molar-refractivity contribution in [2.24, 2.45) is 0 Å². The van der Waals surface area contributed by atoms with Gasteiger partial charge in [0.1, 0.15) is 0 Å². The molecule has 106 valence electrons. The largest absolute Gasteiger partial charge is 0.348 e. The fourth-order valence-electron chi connectivity index (χ4n) is 2.22. The second-order valence-corrected chi connectivity index (χ2v) is 5.22. The van der Waals surface area contributed by atoms with E-state index in [2.05, 4.69) is 10.6 Å². The first-order valence-electron chi connectivity index (χ1n) is 6.46. The third-order valence-corrected chi connectivity index (χ3v) is 3.61. The molecule has 0 aromatic heterocycles. The number of nitrogens with one attached hydrogen (secondary N) is 2. The van der Waals surface area contributed by atoms with E-state index in [9.17, 15) is 4.79 Å². The van der Waals surface area contributed by atoms with Crippen molar-refractivity contribution in [2.45, 2.75) is 38.3 Å². The Morgan fingerprint density at radius 1 is 1.37 bits per heavy atom. The van der Waals surface area contributed by atoms with Crippen LogP contribution in [-0.4, -0.2) is 18.5 Å². The number of carbonyl (C=O) groups is 1. The first kappa shape index (κ1) is 16.3. The van der Waals surface area contributed by atoms with Crippen molar-refractivity contribution in [1.82, 2.24) is 10.6 Å². The summed E-state index contributed by atoms with van der Waals surface area (Å²) in [5.74, 6) is 0.0946. The smallest absolute Gasteiger partial charge is 0.237 e. The summed E-state index contributed by atoms with van der Waals surface area (Å²) in [4.78, 5) is 12.0. The topological polar surface area (TPSA) is 41.1 Å². The summed E-state index contributed by atoms with van der Waals surface area (Å²) < 4.78 is 0. The second-order valence-electron chi connectivity index (χ2n) is 4.78. The summed E-state index contributed by atoms with van der Waals surface area (Å²) >= 11 is 5.85. The average molecular weight is 303 g/mol. The van der Waals surface area contributed by atoms with E-state index in [-0.39, 0.29) is 30.4 Å². The van der Waals surface area contributed by atoms with E-state index in [4.69, 9.17) is 11.6 Å².